The number of allylic oxidation sites excluding steroid dienone is 2. The minimum absolute atomic E-state index is 0.860. The van der Waals surface area contributed by atoms with E-state index in [4.69, 9.17) is 0 Å². The molecule has 98 valence electrons. The lowest BCUT2D eigenvalue weighted by atomic mass is 9.86. The number of hydrogen-bond acceptors (Lipinski definition) is 1. The average Bonchev–Trinajstić information content (AvgIpc) is 2.75. The smallest absolute Gasteiger partial charge is 0.0128 e. The summed E-state index contributed by atoms with van der Waals surface area (Å²) in [6, 6.07) is 0. The van der Waals surface area contributed by atoms with E-state index in [1.165, 1.54) is 57.8 Å². The molecule has 1 heterocycles. The molecule has 1 unspecified atom stereocenters. The van der Waals surface area contributed by atoms with Gasteiger partial charge in [-0.25, -0.2) is 0 Å². The van der Waals surface area contributed by atoms with Crippen molar-refractivity contribution >= 4 is 11.8 Å². The van der Waals surface area contributed by atoms with Crippen molar-refractivity contribution in [1.82, 2.24) is 0 Å². The van der Waals surface area contributed by atoms with Crippen molar-refractivity contribution in [3.63, 3.8) is 0 Å². The summed E-state index contributed by atoms with van der Waals surface area (Å²) in [4.78, 5) is 1.71. The summed E-state index contributed by atoms with van der Waals surface area (Å²) in [5.41, 5.74) is 0. The zero-order chi connectivity index (χ0) is 12.1. The summed E-state index contributed by atoms with van der Waals surface area (Å²) in [5.74, 6) is 1.91. The Balaban J connectivity index is 1.63. The molecule has 0 spiro atoms. The van der Waals surface area contributed by atoms with Crippen molar-refractivity contribution in [2.24, 2.45) is 11.8 Å². The van der Waals surface area contributed by atoms with Crippen LogP contribution in [0, 0.1) is 11.8 Å². The summed E-state index contributed by atoms with van der Waals surface area (Å²) in [7, 11) is 0. The monoisotopic (exact) mass is 252 g/mol. The van der Waals surface area contributed by atoms with Crippen molar-refractivity contribution < 1.29 is 0 Å². The molecule has 0 bridgehead atoms. The Kier molecular flexibility index (Phi) is 5.47. The van der Waals surface area contributed by atoms with Crippen LogP contribution in [-0.2, 0) is 0 Å². The SMILES string of the molecule is CC(C)CC1CC=C(CCC2CCCCC2)S1. The lowest BCUT2D eigenvalue weighted by Gasteiger charge is -2.21. The molecule has 0 amide bonds. The predicted octanol–water partition coefficient (Wildman–Crippen LogP) is 5.78. The Labute approximate surface area is 112 Å². The quantitative estimate of drug-likeness (QED) is 0.597. The van der Waals surface area contributed by atoms with Gasteiger partial charge in [0.15, 0.2) is 0 Å². The highest BCUT2D eigenvalue weighted by atomic mass is 32.2. The second-order valence-electron chi connectivity index (χ2n) is 6.32. The third-order valence-corrected chi connectivity index (χ3v) is 5.58. The van der Waals surface area contributed by atoms with Gasteiger partial charge in [0.1, 0.15) is 0 Å². The Hall–Kier alpha value is 0.0900. The van der Waals surface area contributed by atoms with Gasteiger partial charge in [-0.05, 0) is 42.4 Å². The Morgan fingerprint density at radius 2 is 2.00 bits per heavy atom. The normalized spacial score (nSPS) is 26.5. The van der Waals surface area contributed by atoms with Crippen molar-refractivity contribution in [1.29, 1.82) is 0 Å². The van der Waals surface area contributed by atoms with Gasteiger partial charge in [0.25, 0.3) is 0 Å². The van der Waals surface area contributed by atoms with Gasteiger partial charge in [-0.1, -0.05) is 52.0 Å². The van der Waals surface area contributed by atoms with Gasteiger partial charge < -0.3 is 0 Å². The van der Waals surface area contributed by atoms with E-state index >= 15 is 0 Å². The fraction of sp³-hybridized carbons (Fsp3) is 0.875. The molecule has 0 radical (unpaired) electrons. The molecule has 2 rings (SSSR count). The molecule has 0 N–H and O–H groups in total. The molecule has 1 atom stereocenters. The lowest BCUT2D eigenvalue weighted by Crippen LogP contribution is -2.06. The lowest BCUT2D eigenvalue weighted by molar-refractivity contribution is 0.340. The van der Waals surface area contributed by atoms with Crippen LogP contribution in [0.3, 0.4) is 0 Å². The van der Waals surface area contributed by atoms with Crippen molar-refractivity contribution in [2.45, 2.75) is 76.9 Å². The predicted molar refractivity (Wildman–Crippen MR) is 79.3 cm³/mol. The van der Waals surface area contributed by atoms with Crippen molar-refractivity contribution in [3.8, 4) is 0 Å². The maximum atomic E-state index is 2.53. The Morgan fingerprint density at radius 1 is 1.24 bits per heavy atom. The highest BCUT2D eigenvalue weighted by molar-refractivity contribution is 8.03. The molecule has 0 aromatic carbocycles. The maximum absolute atomic E-state index is 2.53. The number of hydrogen-bond donors (Lipinski definition) is 0. The molecular formula is C16H28S. The topological polar surface area (TPSA) is 0 Å². The van der Waals surface area contributed by atoms with Gasteiger partial charge in [0.05, 0.1) is 0 Å². The highest BCUT2D eigenvalue weighted by Crippen LogP contribution is 2.39. The standard InChI is InChI=1S/C16H28S/c1-13(2)12-16-11-10-15(17-16)9-8-14-6-4-3-5-7-14/h10,13-14,16H,3-9,11-12H2,1-2H3. The van der Waals surface area contributed by atoms with E-state index in [1.807, 2.05) is 0 Å². The van der Waals surface area contributed by atoms with Gasteiger partial charge in [-0.15, -0.1) is 11.8 Å². The molecule has 0 aromatic rings. The van der Waals surface area contributed by atoms with Crippen LogP contribution in [0.4, 0.5) is 0 Å². The average molecular weight is 252 g/mol. The van der Waals surface area contributed by atoms with Crippen LogP contribution in [0.25, 0.3) is 0 Å². The summed E-state index contributed by atoms with van der Waals surface area (Å²) >= 11 is 2.19. The molecule has 1 saturated carbocycles. The Bertz CT molecular complexity index is 248. The van der Waals surface area contributed by atoms with Gasteiger partial charge >= 0.3 is 0 Å². The van der Waals surface area contributed by atoms with E-state index in [9.17, 15) is 0 Å². The molecule has 17 heavy (non-hydrogen) atoms. The second-order valence-corrected chi connectivity index (χ2v) is 7.75. The summed E-state index contributed by atoms with van der Waals surface area (Å²) in [5, 5.41) is 0.899. The number of thioether (sulfide) groups is 1. The summed E-state index contributed by atoms with van der Waals surface area (Å²) in [6.45, 7) is 4.70. The molecule has 0 nitrogen and oxygen atoms in total. The zero-order valence-electron chi connectivity index (χ0n) is 11.6. The van der Waals surface area contributed by atoms with Crippen LogP contribution in [0.1, 0.15) is 71.6 Å². The minimum Gasteiger partial charge on any atom is -0.127 e. The minimum atomic E-state index is 0.860. The van der Waals surface area contributed by atoms with Crippen LogP contribution in [0.15, 0.2) is 11.0 Å². The molecule has 1 aliphatic carbocycles. The van der Waals surface area contributed by atoms with Crippen LogP contribution in [0.5, 0.6) is 0 Å². The van der Waals surface area contributed by atoms with Gasteiger partial charge in [-0.3, -0.25) is 0 Å². The highest BCUT2D eigenvalue weighted by Gasteiger charge is 2.20. The van der Waals surface area contributed by atoms with E-state index in [2.05, 4.69) is 31.7 Å². The van der Waals surface area contributed by atoms with Crippen molar-refractivity contribution in [2.75, 3.05) is 0 Å². The molecule has 2 aliphatic rings. The van der Waals surface area contributed by atoms with E-state index in [0.29, 0.717) is 0 Å². The summed E-state index contributed by atoms with van der Waals surface area (Å²) < 4.78 is 0. The van der Waals surface area contributed by atoms with Crippen LogP contribution in [-0.4, -0.2) is 5.25 Å². The largest absolute Gasteiger partial charge is 0.127 e. The fourth-order valence-electron chi connectivity index (χ4n) is 3.23. The van der Waals surface area contributed by atoms with E-state index in [0.717, 1.165) is 17.1 Å². The molecular weight excluding hydrogens is 224 g/mol. The fourth-order valence-corrected chi connectivity index (χ4v) is 4.76. The third kappa shape index (κ3) is 4.69. The van der Waals surface area contributed by atoms with Crippen molar-refractivity contribution in [3.05, 3.63) is 11.0 Å². The van der Waals surface area contributed by atoms with Gasteiger partial charge in [0, 0.05) is 5.25 Å². The first kappa shape index (κ1) is 13.5. The first-order chi connectivity index (χ1) is 8.24. The summed E-state index contributed by atoms with van der Waals surface area (Å²) in [6.07, 6.45) is 15.6. The molecule has 0 saturated heterocycles. The Morgan fingerprint density at radius 3 is 2.71 bits per heavy atom. The molecule has 1 aliphatic heterocycles. The molecule has 1 heteroatoms. The van der Waals surface area contributed by atoms with E-state index in [1.54, 1.807) is 4.91 Å². The van der Waals surface area contributed by atoms with E-state index < -0.39 is 0 Å². The first-order valence-corrected chi connectivity index (χ1v) is 8.47. The maximum Gasteiger partial charge on any atom is 0.0128 e. The second kappa shape index (κ2) is 6.87. The van der Waals surface area contributed by atoms with Crippen LogP contribution >= 0.6 is 11.8 Å². The van der Waals surface area contributed by atoms with Crippen LogP contribution < -0.4 is 0 Å². The van der Waals surface area contributed by atoms with Gasteiger partial charge in [0.2, 0.25) is 0 Å². The van der Waals surface area contributed by atoms with Crippen LogP contribution in [0.2, 0.25) is 0 Å². The zero-order valence-corrected chi connectivity index (χ0v) is 12.4. The first-order valence-electron chi connectivity index (χ1n) is 7.59. The molecule has 1 fully saturated rings. The third-order valence-electron chi connectivity index (χ3n) is 4.18. The van der Waals surface area contributed by atoms with Gasteiger partial charge in [-0.2, -0.15) is 0 Å². The molecule has 0 aromatic heterocycles. The number of rotatable bonds is 5. The van der Waals surface area contributed by atoms with E-state index in [-0.39, 0.29) is 0 Å².